The zero-order valence-corrected chi connectivity index (χ0v) is 15.3. The van der Waals surface area contributed by atoms with Gasteiger partial charge in [0.05, 0.1) is 16.7 Å². The summed E-state index contributed by atoms with van der Waals surface area (Å²) in [5.74, 6) is 0. The maximum atomic E-state index is 12.4. The van der Waals surface area contributed by atoms with E-state index in [1.807, 2.05) is 34.7 Å². The van der Waals surface area contributed by atoms with E-state index in [9.17, 15) is 4.79 Å². The normalized spacial score (nSPS) is 13.7. The second-order valence-electron chi connectivity index (χ2n) is 5.66. The van der Waals surface area contributed by atoms with Crippen molar-refractivity contribution >= 4 is 28.7 Å². The highest BCUT2D eigenvalue weighted by atomic mass is 32.1. The largest absolute Gasteiger partial charge is 0.335 e. The molecule has 0 spiro atoms. The number of urea groups is 1. The number of hydrogen-bond acceptors (Lipinski definition) is 4. The van der Waals surface area contributed by atoms with Crippen LogP contribution in [0.25, 0.3) is 0 Å². The van der Waals surface area contributed by atoms with Crippen molar-refractivity contribution in [2.75, 3.05) is 7.05 Å². The predicted molar refractivity (Wildman–Crippen MR) is 93.8 cm³/mol. The Kier molecular flexibility index (Phi) is 5.58. The molecule has 0 saturated heterocycles. The lowest BCUT2D eigenvalue weighted by Gasteiger charge is -2.26. The van der Waals surface area contributed by atoms with Gasteiger partial charge in [0.1, 0.15) is 0 Å². The first kappa shape index (κ1) is 17.0. The van der Waals surface area contributed by atoms with Crippen LogP contribution in [0.2, 0.25) is 0 Å². The number of aromatic nitrogens is 1. The summed E-state index contributed by atoms with van der Waals surface area (Å²) in [6.07, 6.45) is 0.857. The molecule has 2 heterocycles. The highest BCUT2D eigenvalue weighted by Gasteiger charge is 2.22. The SMILES string of the molecule is Cc1nc(C)c([C@@H](C)N(C)C(=O)N[C@@H](C)Cc2ccsc2)s1. The van der Waals surface area contributed by atoms with Crippen molar-refractivity contribution in [2.45, 2.75) is 46.2 Å². The van der Waals surface area contributed by atoms with Gasteiger partial charge in [-0.2, -0.15) is 11.3 Å². The number of amides is 2. The fourth-order valence-corrected chi connectivity index (χ4v) is 4.12. The molecule has 4 nitrogen and oxygen atoms in total. The summed E-state index contributed by atoms with van der Waals surface area (Å²) < 4.78 is 0. The third-order valence-electron chi connectivity index (χ3n) is 3.71. The van der Waals surface area contributed by atoms with Crippen LogP contribution in [-0.2, 0) is 6.42 Å². The molecule has 0 unspecified atom stereocenters. The summed E-state index contributed by atoms with van der Waals surface area (Å²) in [6, 6.07) is 2.20. The summed E-state index contributed by atoms with van der Waals surface area (Å²) in [5.41, 5.74) is 2.28. The van der Waals surface area contributed by atoms with Crippen molar-refractivity contribution in [3.63, 3.8) is 0 Å². The minimum atomic E-state index is -0.0410. The van der Waals surface area contributed by atoms with Crippen LogP contribution in [0.15, 0.2) is 16.8 Å². The first-order valence-corrected chi connectivity index (χ1v) is 9.12. The zero-order valence-electron chi connectivity index (χ0n) is 13.7. The van der Waals surface area contributed by atoms with Crippen LogP contribution < -0.4 is 5.32 Å². The molecule has 1 N–H and O–H groups in total. The second kappa shape index (κ2) is 7.24. The van der Waals surface area contributed by atoms with Gasteiger partial charge in [-0.05, 0) is 56.5 Å². The Bertz CT molecular complexity index is 621. The smallest absolute Gasteiger partial charge is 0.317 e. The summed E-state index contributed by atoms with van der Waals surface area (Å²) in [7, 11) is 1.84. The summed E-state index contributed by atoms with van der Waals surface area (Å²) in [6.45, 7) is 8.08. The van der Waals surface area contributed by atoms with Gasteiger partial charge in [0.15, 0.2) is 0 Å². The maximum absolute atomic E-state index is 12.4. The Morgan fingerprint density at radius 2 is 2.14 bits per heavy atom. The summed E-state index contributed by atoms with van der Waals surface area (Å²) in [5, 5.41) is 8.30. The van der Waals surface area contributed by atoms with Crippen LogP contribution in [-0.4, -0.2) is 29.0 Å². The molecule has 2 atom stereocenters. The number of carbonyl (C=O) groups excluding carboxylic acids is 1. The fourth-order valence-electron chi connectivity index (χ4n) is 2.41. The molecular weight excluding hydrogens is 314 g/mol. The van der Waals surface area contributed by atoms with E-state index in [-0.39, 0.29) is 18.1 Å². The van der Waals surface area contributed by atoms with Gasteiger partial charge in [-0.15, -0.1) is 11.3 Å². The van der Waals surface area contributed by atoms with E-state index in [2.05, 4.69) is 27.1 Å². The number of thiazole rings is 1. The average molecular weight is 338 g/mol. The van der Waals surface area contributed by atoms with Crippen molar-refractivity contribution in [3.05, 3.63) is 38.0 Å². The topological polar surface area (TPSA) is 45.2 Å². The van der Waals surface area contributed by atoms with Gasteiger partial charge < -0.3 is 10.2 Å². The summed E-state index contributed by atoms with van der Waals surface area (Å²) in [4.78, 5) is 19.8. The molecule has 0 aliphatic carbocycles. The van der Waals surface area contributed by atoms with Crippen LogP contribution in [0.5, 0.6) is 0 Å². The van der Waals surface area contributed by atoms with Crippen LogP contribution >= 0.6 is 22.7 Å². The van der Waals surface area contributed by atoms with Gasteiger partial charge in [-0.3, -0.25) is 0 Å². The first-order chi connectivity index (χ1) is 10.4. The van der Waals surface area contributed by atoms with Gasteiger partial charge in [-0.25, -0.2) is 9.78 Å². The molecule has 0 aliphatic heterocycles. The Morgan fingerprint density at radius 3 is 2.68 bits per heavy atom. The lowest BCUT2D eigenvalue weighted by atomic mass is 10.1. The molecular formula is C16H23N3OS2. The van der Waals surface area contributed by atoms with Crippen molar-refractivity contribution in [3.8, 4) is 0 Å². The van der Waals surface area contributed by atoms with E-state index in [1.165, 1.54) is 5.56 Å². The Hall–Kier alpha value is -1.40. The standard InChI is InChI=1S/C16H23N3OS2/c1-10(8-14-6-7-21-9-14)17-16(20)19(5)12(3)15-11(2)18-13(4)22-15/h6-7,9-10,12H,8H2,1-5H3,(H,17,20)/t10-,12+/m0/s1. The van der Waals surface area contributed by atoms with E-state index in [0.717, 1.165) is 22.0 Å². The van der Waals surface area contributed by atoms with Crippen molar-refractivity contribution in [2.24, 2.45) is 0 Å². The molecule has 0 bridgehead atoms. The minimum absolute atomic E-state index is 0.0274. The van der Waals surface area contributed by atoms with Crippen LogP contribution in [0.3, 0.4) is 0 Å². The molecule has 0 fully saturated rings. The molecule has 2 amide bonds. The molecule has 0 aromatic carbocycles. The number of thiophene rings is 1. The number of nitrogens with one attached hydrogen (secondary N) is 1. The van der Waals surface area contributed by atoms with E-state index >= 15 is 0 Å². The molecule has 120 valence electrons. The number of nitrogens with zero attached hydrogens (tertiary/aromatic N) is 2. The van der Waals surface area contributed by atoms with Crippen LogP contribution in [0.4, 0.5) is 4.79 Å². The minimum Gasteiger partial charge on any atom is -0.335 e. The zero-order chi connectivity index (χ0) is 16.3. The van der Waals surface area contributed by atoms with Gasteiger partial charge >= 0.3 is 6.03 Å². The van der Waals surface area contributed by atoms with Gasteiger partial charge in [0.25, 0.3) is 0 Å². The van der Waals surface area contributed by atoms with Crippen LogP contribution in [0, 0.1) is 13.8 Å². The van der Waals surface area contributed by atoms with Crippen LogP contribution in [0.1, 0.15) is 41.0 Å². The van der Waals surface area contributed by atoms with Gasteiger partial charge in [0.2, 0.25) is 0 Å². The number of carbonyl (C=O) groups is 1. The van der Waals surface area contributed by atoms with Gasteiger partial charge in [-0.1, -0.05) is 0 Å². The second-order valence-corrected chi connectivity index (χ2v) is 7.67. The molecule has 2 rings (SSSR count). The van der Waals surface area contributed by atoms with Crippen molar-refractivity contribution in [1.29, 1.82) is 0 Å². The van der Waals surface area contributed by atoms with E-state index in [4.69, 9.17) is 0 Å². The highest BCUT2D eigenvalue weighted by molar-refractivity contribution is 7.11. The highest BCUT2D eigenvalue weighted by Crippen LogP contribution is 2.28. The van der Waals surface area contributed by atoms with Crippen molar-refractivity contribution < 1.29 is 4.79 Å². The number of hydrogen-bond donors (Lipinski definition) is 1. The molecule has 0 saturated carbocycles. The lowest BCUT2D eigenvalue weighted by Crippen LogP contribution is -2.43. The van der Waals surface area contributed by atoms with E-state index in [0.29, 0.717) is 0 Å². The molecule has 2 aromatic heterocycles. The lowest BCUT2D eigenvalue weighted by molar-refractivity contribution is 0.191. The molecule has 0 aliphatic rings. The summed E-state index contributed by atoms with van der Waals surface area (Å²) >= 11 is 3.34. The Morgan fingerprint density at radius 1 is 1.41 bits per heavy atom. The average Bonchev–Trinajstić information content (AvgIpc) is 3.06. The van der Waals surface area contributed by atoms with Crippen molar-refractivity contribution in [1.82, 2.24) is 15.2 Å². The first-order valence-electron chi connectivity index (χ1n) is 7.36. The Balaban J connectivity index is 1.95. The monoisotopic (exact) mass is 337 g/mol. The quantitative estimate of drug-likeness (QED) is 0.890. The maximum Gasteiger partial charge on any atom is 0.317 e. The predicted octanol–water partition coefficient (Wildman–Crippen LogP) is 4.16. The molecule has 2 aromatic rings. The molecule has 22 heavy (non-hydrogen) atoms. The third-order valence-corrected chi connectivity index (χ3v) is 5.69. The molecule has 6 heteroatoms. The van der Waals surface area contributed by atoms with E-state index in [1.54, 1.807) is 27.6 Å². The molecule has 0 radical (unpaired) electrons. The Labute approximate surface area is 140 Å². The van der Waals surface area contributed by atoms with E-state index < -0.39 is 0 Å². The number of rotatable bonds is 5. The number of aryl methyl sites for hydroxylation is 2. The van der Waals surface area contributed by atoms with Gasteiger partial charge in [0, 0.05) is 18.0 Å². The third kappa shape index (κ3) is 4.08. The fraction of sp³-hybridized carbons (Fsp3) is 0.500.